The van der Waals surface area contributed by atoms with E-state index in [1.165, 1.54) is 25.0 Å². The zero-order chi connectivity index (χ0) is 12.4. The smallest absolute Gasteiger partial charge is 0.254 e. The van der Waals surface area contributed by atoms with Crippen LogP contribution in [0.3, 0.4) is 0 Å². The van der Waals surface area contributed by atoms with Crippen molar-refractivity contribution in [3.8, 4) is 5.75 Å². The van der Waals surface area contributed by atoms with Crippen molar-refractivity contribution >= 4 is 5.91 Å². The van der Waals surface area contributed by atoms with Crippen LogP contribution in [0.5, 0.6) is 5.75 Å². The molecule has 0 heterocycles. The number of carbonyl (C=O) groups is 1. The number of aromatic hydroxyl groups is 1. The molecule has 2 N–H and O–H groups in total. The maximum Gasteiger partial charge on any atom is 0.254 e. The fraction of sp³-hybridized carbons (Fsp3) is 0.462. The van der Waals surface area contributed by atoms with E-state index in [4.69, 9.17) is 5.11 Å². The number of halogens is 1. The fourth-order valence-electron chi connectivity index (χ4n) is 1.90. The zero-order valence-corrected chi connectivity index (χ0v) is 9.74. The van der Waals surface area contributed by atoms with Crippen LogP contribution in [-0.4, -0.2) is 17.1 Å². The molecule has 17 heavy (non-hydrogen) atoms. The molecule has 1 unspecified atom stereocenters. The Labute approximate surface area is 99.7 Å². The number of benzene rings is 1. The average molecular weight is 237 g/mol. The van der Waals surface area contributed by atoms with Crippen molar-refractivity contribution in [3.63, 3.8) is 0 Å². The standard InChI is InChI=1S/C13H16FNO2/c1-8(6-9-2-3-9)15-13(17)11-5-4-10(16)7-12(11)14/h4-5,7-9,16H,2-3,6H2,1H3,(H,15,17). The average Bonchev–Trinajstić information content (AvgIpc) is 3.00. The Morgan fingerprint density at radius 1 is 1.59 bits per heavy atom. The number of hydrogen-bond donors (Lipinski definition) is 2. The number of amides is 1. The Kier molecular flexibility index (Phi) is 3.31. The minimum atomic E-state index is -0.693. The van der Waals surface area contributed by atoms with E-state index in [0.717, 1.165) is 18.4 Å². The second kappa shape index (κ2) is 4.73. The molecule has 0 bridgehead atoms. The Morgan fingerprint density at radius 3 is 2.88 bits per heavy atom. The molecule has 0 saturated heterocycles. The van der Waals surface area contributed by atoms with E-state index >= 15 is 0 Å². The second-order valence-electron chi connectivity index (χ2n) is 4.72. The van der Waals surface area contributed by atoms with E-state index in [1.54, 1.807) is 0 Å². The minimum absolute atomic E-state index is 0.0227. The fourth-order valence-corrected chi connectivity index (χ4v) is 1.90. The number of nitrogens with one attached hydrogen (secondary N) is 1. The van der Waals surface area contributed by atoms with Crippen LogP contribution in [0, 0.1) is 11.7 Å². The van der Waals surface area contributed by atoms with Gasteiger partial charge in [-0.2, -0.15) is 0 Å². The van der Waals surface area contributed by atoms with E-state index in [-0.39, 0.29) is 17.4 Å². The van der Waals surface area contributed by atoms with Gasteiger partial charge >= 0.3 is 0 Å². The molecule has 1 aromatic rings. The Balaban J connectivity index is 1.98. The Hall–Kier alpha value is -1.58. The number of carbonyl (C=O) groups excluding carboxylic acids is 1. The van der Waals surface area contributed by atoms with Crippen molar-refractivity contribution < 1.29 is 14.3 Å². The molecule has 92 valence electrons. The van der Waals surface area contributed by atoms with Crippen molar-refractivity contribution in [2.24, 2.45) is 5.92 Å². The summed E-state index contributed by atoms with van der Waals surface area (Å²) in [5.74, 6) is -0.572. The molecule has 2 rings (SSSR count). The highest BCUT2D eigenvalue weighted by Crippen LogP contribution is 2.33. The van der Waals surface area contributed by atoms with Gasteiger partial charge in [-0.15, -0.1) is 0 Å². The van der Waals surface area contributed by atoms with Gasteiger partial charge in [0.05, 0.1) is 5.56 Å². The summed E-state index contributed by atoms with van der Waals surface area (Å²) in [5, 5.41) is 11.8. The third-order valence-electron chi connectivity index (χ3n) is 2.96. The molecule has 1 fully saturated rings. The highest BCUT2D eigenvalue weighted by Gasteiger charge is 2.24. The molecule has 1 aromatic carbocycles. The molecular formula is C13H16FNO2. The first-order valence-electron chi connectivity index (χ1n) is 5.85. The summed E-state index contributed by atoms with van der Waals surface area (Å²) in [7, 11) is 0. The lowest BCUT2D eigenvalue weighted by Gasteiger charge is -2.13. The highest BCUT2D eigenvalue weighted by atomic mass is 19.1. The predicted molar refractivity (Wildman–Crippen MR) is 62.3 cm³/mol. The molecule has 0 aliphatic heterocycles. The molecule has 1 amide bonds. The monoisotopic (exact) mass is 237 g/mol. The molecule has 3 nitrogen and oxygen atoms in total. The molecule has 1 aliphatic rings. The molecular weight excluding hydrogens is 221 g/mol. The van der Waals surface area contributed by atoms with Crippen LogP contribution < -0.4 is 5.32 Å². The van der Waals surface area contributed by atoms with E-state index in [2.05, 4.69) is 5.32 Å². The quantitative estimate of drug-likeness (QED) is 0.845. The summed E-state index contributed by atoms with van der Waals surface area (Å²) < 4.78 is 13.4. The number of phenolic OH excluding ortho intramolecular Hbond substituents is 1. The summed E-state index contributed by atoms with van der Waals surface area (Å²) in [6, 6.07) is 3.61. The molecule has 0 aromatic heterocycles. The lowest BCUT2D eigenvalue weighted by atomic mass is 10.1. The van der Waals surface area contributed by atoms with Crippen molar-refractivity contribution in [1.82, 2.24) is 5.32 Å². The first-order chi connectivity index (χ1) is 8.06. The van der Waals surface area contributed by atoms with Crippen LogP contribution in [0.25, 0.3) is 0 Å². The van der Waals surface area contributed by atoms with Gasteiger partial charge in [-0.05, 0) is 31.4 Å². The number of phenols is 1. The minimum Gasteiger partial charge on any atom is -0.508 e. The second-order valence-corrected chi connectivity index (χ2v) is 4.72. The largest absolute Gasteiger partial charge is 0.508 e. The van der Waals surface area contributed by atoms with E-state index < -0.39 is 11.7 Å². The summed E-state index contributed by atoms with van der Waals surface area (Å²) in [4.78, 5) is 11.8. The lowest BCUT2D eigenvalue weighted by Crippen LogP contribution is -2.33. The molecule has 4 heteroatoms. The van der Waals surface area contributed by atoms with Crippen LogP contribution in [0.4, 0.5) is 4.39 Å². The lowest BCUT2D eigenvalue weighted by molar-refractivity contribution is 0.0933. The molecule has 0 spiro atoms. The van der Waals surface area contributed by atoms with Crippen LogP contribution >= 0.6 is 0 Å². The van der Waals surface area contributed by atoms with Gasteiger partial charge in [0.25, 0.3) is 5.91 Å². The summed E-state index contributed by atoms with van der Waals surface area (Å²) >= 11 is 0. The van der Waals surface area contributed by atoms with Crippen LogP contribution in [-0.2, 0) is 0 Å². The first kappa shape index (κ1) is 11.9. The summed E-state index contributed by atoms with van der Waals surface area (Å²) in [6.45, 7) is 1.93. The van der Waals surface area contributed by atoms with Crippen LogP contribution in [0.15, 0.2) is 18.2 Å². The van der Waals surface area contributed by atoms with E-state index in [1.807, 2.05) is 6.92 Å². The normalized spacial score (nSPS) is 16.6. The van der Waals surface area contributed by atoms with Crippen molar-refractivity contribution in [2.45, 2.75) is 32.2 Å². The number of rotatable bonds is 4. The third-order valence-corrected chi connectivity index (χ3v) is 2.96. The van der Waals surface area contributed by atoms with Gasteiger partial charge in [-0.1, -0.05) is 12.8 Å². The van der Waals surface area contributed by atoms with Gasteiger partial charge in [-0.25, -0.2) is 4.39 Å². The highest BCUT2D eigenvalue weighted by molar-refractivity contribution is 5.94. The van der Waals surface area contributed by atoms with Crippen molar-refractivity contribution in [3.05, 3.63) is 29.6 Å². The molecule has 1 aliphatic carbocycles. The van der Waals surface area contributed by atoms with E-state index in [0.29, 0.717) is 0 Å². The maximum atomic E-state index is 13.4. The van der Waals surface area contributed by atoms with Gasteiger partial charge in [0.15, 0.2) is 0 Å². The van der Waals surface area contributed by atoms with E-state index in [9.17, 15) is 9.18 Å². The Bertz CT molecular complexity index is 429. The third kappa shape index (κ3) is 3.19. The van der Waals surface area contributed by atoms with Gasteiger partial charge in [0, 0.05) is 12.1 Å². The maximum absolute atomic E-state index is 13.4. The predicted octanol–water partition coefficient (Wildman–Crippen LogP) is 2.45. The first-order valence-corrected chi connectivity index (χ1v) is 5.85. The van der Waals surface area contributed by atoms with Crippen LogP contribution in [0.1, 0.15) is 36.5 Å². The molecule has 1 atom stereocenters. The van der Waals surface area contributed by atoms with Crippen molar-refractivity contribution in [1.29, 1.82) is 0 Å². The SMILES string of the molecule is CC(CC1CC1)NC(=O)c1ccc(O)cc1F. The zero-order valence-electron chi connectivity index (χ0n) is 9.74. The summed E-state index contributed by atoms with van der Waals surface area (Å²) in [5.41, 5.74) is -0.0227. The summed E-state index contributed by atoms with van der Waals surface area (Å²) in [6.07, 6.45) is 3.41. The van der Waals surface area contributed by atoms with Gasteiger partial charge in [0.2, 0.25) is 0 Å². The number of hydrogen-bond acceptors (Lipinski definition) is 2. The molecule has 1 saturated carbocycles. The molecule has 0 radical (unpaired) electrons. The Morgan fingerprint density at radius 2 is 2.29 bits per heavy atom. The topological polar surface area (TPSA) is 49.3 Å². The van der Waals surface area contributed by atoms with Crippen molar-refractivity contribution in [2.75, 3.05) is 0 Å². The van der Waals surface area contributed by atoms with Crippen LogP contribution in [0.2, 0.25) is 0 Å². The van der Waals surface area contributed by atoms with Gasteiger partial charge in [0.1, 0.15) is 11.6 Å². The van der Waals surface area contributed by atoms with Gasteiger partial charge < -0.3 is 10.4 Å². The van der Waals surface area contributed by atoms with Gasteiger partial charge in [-0.3, -0.25) is 4.79 Å².